The molecule has 3 nitrogen and oxygen atoms in total. The Morgan fingerprint density at radius 2 is 1.33 bits per heavy atom. The van der Waals surface area contributed by atoms with Gasteiger partial charge < -0.3 is 18.8 Å². The van der Waals surface area contributed by atoms with Crippen molar-refractivity contribution in [2.75, 3.05) is 0 Å². The van der Waals surface area contributed by atoms with Crippen molar-refractivity contribution in [2.45, 2.75) is 0 Å². The van der Waals surface area contributed by atoms with E-state index in [1.807, 2.05) is 0 Å². The first-order chi connectivity index (χ1) is 1.73. The summed E-state index contributed by atoms with van der Waals surface area (Å²) in [6.07, 6.45) is 0. The summed E-state index contributed by atoms with van der Waals surface area (Å²) in [7, 11) is -3.63. The largest absolute Gasteiger partial charge is 2.00 e. The van der Waals surface area contributed by atoms with Gasteiger partial charge >= 0.3 is 37.7 Å². The van der Waals surface area contributed by atoms with Gasteiger partial charge in [0, 0.05) is 9.17 Å². The van der Waals surface area contributed by atoms with Gasteiger partial charge in [0.1, 0.15) is 0 Å². The molecule has 0 unspecified atom stereocenters. The van der Waals surface area contributed by atoms with E-state index in [0.29, 0.717) is 0 Å². The van der Waals surface area contributed by atoms with Crippen LogP contribution in [-0.2, 0) is 4.46 Å². The summed E-state index contributed by atoms with van der Waals surface area (Å²) in [5.41, 5.74) is 0. The minimum atomic E-state index is -3.63. The minimum Gasteiger partial charge on any atom is -1.00 e. The molecule has 6 heteroatoms. The Balaban J connectivity index is -0.0000000450. The molecule has 0 N–H and O–H groups in total. The van der Waals surface area contributed by atoms with Gasteiger partial charge in [0.25, 0.3) is 0 Å². The van der Waals surface area contributed by atoms with Crippen LogP contribution in [0.1, 0.15) is 0 Å². The Morgan fingerprint density at radius 3 is 1.33 bits per heavy atom. The molecule has 0 aromatic carbocycles. The Kier molecular flexibility index (Phi) is 24.4. The zero-order chi connectivity index (χ0) is 3.58. The molecule has 0 radical (unpaired) electrons. The number of hydrogen-bond acceptors (Lipinski definition) is 3. The third-order valence-corrected chi connectivity index (χ3v) is 0. The first-order valence-electron chi connectivity index (χ1n) is 0.612. The monoisotopic (exact) mass is 135 g/mol. The van der Waals surface area contributed by atoms with Gasteiger partial charge in [-0.1, -0.05) is 0 Å². The van der Waals surface area contributed by atoms with Gasteiger partial charge in [-0.15, -0.1) is 0 Å². The van der Waals surface area contributed by atoms with Gasteiger partial charge in [-0.3, -0.25) is 0 Å². The number of rotatable bonds is 0. The SMILES string of the molecule is O=[Si]([O-])[O-].[Ca+2].[F-]. The maximum Gasteiger partial charge on any atom is 2.00 e. The van der Waals surface area contributed by atoms with Crippen LogP contribution in [-0.4, -0.2) is 46.9 Å². The van der Waals surface area contributed by atoms with Crippen LogP contribution in [0.25, 0.3) is 0 Å². The smallest absolute Gasteiger partial charge is 1.00 e. The first kappa shape index (κ1) is 15.8. The fourth-order valence-corrected chi connectivity index (χ4v) is 0. The van der Waals surface area contributed by atoms with E-state index >= 15 is 0 Å². The molecule has 0 rings (SSSR count). The summed E-state index contributed by atoms with van der Waals surface area (Å²) >= 11 is 0. The number of halogens is 1. The zero-order valence-corrected chi connectivity index (χ0v) is 6.02. The van der Waals surface area contributed by atoms with Crippen molar-refractivity contribution >= 4 is 46.9 Å². The maximum absolute atomic E-state index is 8.52. The molecule has 0 aromatic heterocycles. The maximum atomic E-state index is 8.52. The summed E-state index contributed by atoms with van der Waals surface area (Å²) in [6.45, 7) is 0. The molecule has 32 valence electrons. The molecule has 0 saturated carbocycles. The Hall–Kier alpha value is 0.807. The summed E-state index contributed by atoms with van der Waals surface area (Å²) in [5, 5.41) is 0. The predicted octanol–water partition coefficient (Wildman–Crippen LogP) is -6.25. The van der Waals surface area contributed by atoms with Gasteiger partial charge in [0.15, 0.2) is 0 Å². The summed E-state index contributed by atoms with van der Waals surface area (Å²) < 4.78 is 8.52. The van der Waals surface area contributed by atoms with E-state index < -0.39 is 9.17 Å². The Labute approximate surface area is 65.3 Å². The van der Waals surface area contributed by atoms with Gasteiger partial charge in [-0.2, -0.15) is 0 Å². The molecular formula is CaFO3Si-. The fraction of sp³-hybridized carbons (Fsp3) is 0. The third kappa shape index (κ3) is 107. The van der Waals surface area contributed by atoms with Crippen molar-refractivity contribution in [3.63, 3.8) is 0 Å². The van der Waals surface area contributed by atoms with Crippen LogP contribution < -0.4 is 14.3 Å². The normalized spacial score (nSPS) is 4.00. The molecule has 0 amide bonds. The third-order valence-electron chi connectivity index (χ3n) is 0. The van der Waals surface area contributed by atoms with Gasteiger partial charge in [-0.05, 0) is 0 Å². The molecule has 0 aliphatic carbocycles. The molecule has 0 bridgehead atoms. The average molecular weight is 135 g/mol. The van der Waals surface area contributed by atoms with Gasteiger partial charge in [0.2, 0.25) is 0 Å². The van der Waals surface area contributed by atoms with E-state index in [1.54, 1.807) is 0 Å². The molecule has 0 aliphatic rings. The first-order valence-corrected chi connectivity index (χ1v) is 1.84. The molecule has 0 heterocycles. The van der Waals surface area contributed by atoms with Crippen LogP contribution in [0.15, 0.2) is 0 Å². The van der Waals surface area contributed by atoms with E-state index in [9.17, 15) is 0 Å². The van der Waals surface area contributed by atoms with Crippen molar-refractivity contribution in [3.05, 3.63) is 0 Å². The van der Waals surface area contributed by atoms with Crippen LogP contribution in [0.4, 0.5) is 0 Å². The van der Waals surface area contributed by atoms with Crippen molar-refractivity contribution in [1.82, 2.24) is 0 Å². The zero-order valence-electron chi connectivity index (χ0n) is 2.81. The van der Waals surface area contributed by atoms with Crippen LogP contribution in [0.5, 0.6) is 0 Å². The molecule has 0 fully saturated rings. The van der Waals surface area contributed by atoms with E-state index in [1.165, 1.54) is 0 Å². The molecule has 0 aliphatic heterocycles. The van der Waals surface area contributed by atoms with E-state index in [-0.39, 0.29) is 42.4 Å². The summed E-state index contributed by atoms with van der Waals surface area (Å²) in [4.78, 5) is 17.0. The van der Waals surface area contributed by atoms with Gasteiger partial charge in [0.05, 0.1) is 0 Å². The average Bonchev–Trinajstić information content (AvgIpc) is 0.811. The summed E-state index contributed by atoms with van der Waals surface area (Å²) in [5.74, 6) is 0. The molecule has 0 saturated heterocycles. The van der Waals surface area contributed by atoms with Crippen molar-refractivity contribution in [1.29, 1.82) is 0 Å². The fourth-order valence-electron chi connectivity index (χ4n) is 0. The van der Waals surface area contributed by atoms with Crippen LogP contribution >= 0.6 is 0 Å². The Morgan fingerprint density at radius 1 is 1.33 bits per heavy atom. The molecule has 6 heavy (non-hydrogen) atoms. The van der Waals surface area contributed by atoms with Crippen LogP contribution in [0.2, 0.25) is 0 Å². The van der Waals surface area contributed by atoms with Crippen molar-refractivity contribution in [3.8, 4) is 0 Å². The van der Waals surface area contributed by atoms with E-state index in [2.05, 4.69) is 0 Å². The minimum absolute atomic E-state index is 0. The van der Waals surface area contributed by atoms with Crippen molar-refractivity contribution in [2.24, 2.45) is 0 Å². The van der Waals surface area contributed by atoms with E-state index in [4.69, 9.17) is 14.1 Å². The standard InChI is InChI=1S/Ca.FH.O3Si/c;;1-4(2)3/h;1H;/q+2;;-2/p-1. The second kappa shape index (κ2) is 9.26. The Bertz CT molecular complexity index is 33.8. The second-order valence-corrected chi connectivity index (χ2v) is 0.750. The molecule has 0 spiro atoms. The summed E-state index contributed by atoms with van der Waals surface area (Å²) in [6, 6.07) is 0. The molecule has 0 atom stereocenters. The van der Waals surface area contributed by atoms with Crippen molar-refractivity contribution < 1.29 is 18.8 Å². The number of hydrogen-bond donors (Lipinski definition) is 0. The van der Waals surface area contributed by atoms with Gasteiger partial charge in [-0.25, -0.2) is 0 Å². The van der Waals surface area contributed by atoms with Crippen LogP contribution in [0, 0.1) is 0 Å². The second-order valence-electron chi connectivity index (χ2n) is 0.250. The van der Waals surface area contributed by atoms with E-state index in [0.717, 1.165) is 0 Å². The predicted molar refractivity (Wildman–Crippen MR) is 12.2 cm³/mol. The van der Waals surface area contributed by atoms with Crippen LogP contribution in [0.3, 0.4) is 0 Å². The quantitative estimate of drug-likeness (QED) is 0.310. The molecule has 0 aromatic rings. The molecular weight excluding hydrogens is 135 g/mol. The topological polar surface area (TPSA) is 63.2 Å².